The van der Waals surface area contributed by atoms with E-state index >= 15 is 0 Å². The molecule has 0 saturated carbocycles. The van der Waals surface area contributed by atoms with Gasteiger partial charge in [-0.05, 0) is 25.8 Å². The third kappa shape index (κ3) is 4.48. The first-order valence-electron chi connectivity index (χ1n) is 6.02. The smallest absolute Gasteiger partial charge is 0.121 e. The summed E-state index contributed by atoms with van der Waals surface area (Å²) < 4.78 is 0. The third-order valence-electron chi connectivity index (χ3n) is 2.89. The maximum absolute atomic E-state index is 10.5. The van der Waals surface area contributed by atoms with Crippen LogP contribution in [0, 0.1) is 11.8 Å². The van der Waals surface area contributed by atoms with Crippen molar-refractivity contribution in [3.05, 3.63) is 0 Å². The van der Waals surface area contributed by atoms with E-state index in [4.69, 9.17) is 0 Å². The van der Waals surface area contributed by atoms with Crippen molar-refractivity contribution in [2.45, 2.75) is 51.5 Å². The Labute approximate surface area is 93.0 Å². The number of aldehydes is 1. The number of hydrogen-bond donors (Lipinski definition) is 0. The van der Waals surface area contributed by atoms with Crippen LogP contribution in [0.5, 0.6) is 0 Å². The highest BCUT2D eigenvalue weighted by Gasteiger charge is 2.22. The molecule has 1 atom stereocenters. The third-order valence-corrected chi connectivity index (χ3v) is 2.89. The fraction of sp³-hybridized carbons (Fsp3) is 0.769. The number of rotatable bonds is 5. The van der Waals surface area contributed by atoms with Crippen LogP contribution in [0.3, 0.4) is 0 Å². The number of likely N-dealkylation sites (tertiary alicyclic amines) is 1. The average Bonchev–Trinajstić information content (AvgIpc) is 2.66. The summed E-state index contributed by atoms with van der Waals surface area (Å²) in [5.74, 6) is 6.36. The van der Waals surface area contributed by atoms with Crippen molar-refractivity contribution in [1.82, 2.24) is 4.90 Å². The second-order valence-corrected chi connectivity index (χ2v) is 4.09. The molecule has 0 aromatic heterocycles. The quantitative estimate of drug-likeness (QED) is 0.509. The summed E-state index contributed by atoms with van der Waals surface area (Å²) in [6, 6.07) is 0.496. The molecule has 1 heterocycles. The normalized spacial score (nSPS) is 21.0. The van der Waals surface area contributed by atoms with Crippen molar-refractivity contribution in [3.8, 4) is 11.8 Å². The molecule has 2 heteroatoms. The predicted octanol–water partition coefficient (Wildman–Crippen LogP) is 2.23. The summed E-state index contributed by atoms with van der Waals surface area (Å²) in [5.41, 5.74) is 0. The van der Waals surface area contributed by atoms with Crippen molar-refractivity contribution < 1.29 is 4.79 Å². The van der Waals surface area contributed by atoms with Gasteiger partial charge in [-0.15, -0.1) is 11.8 Å². The molecule has 0 amide bonds. The highest BCUT2D eigenvalue weighted by atomic mass is 16.1. The Morgan fingerprint density at radius 1 is 1.40 bits per heavy atom. The number of hydrogen-bond acceptors (Lipinski definition) is 2. The Bertz CT molecular complexity index is 239. The summed E-state index contributed by atoms with van der Waals surface area (Å²) in [4.78, 5) is 12.9. The van der Waals surface area contributed by atoms with Crippen LogP contribution in [0.2, 0.25) is 0 Å². The molecule has 0 radical (unpaired) electrons. The van der Waals surface area contributed by atoms with Gasteiger partial charge in [-0.2, -0.15) is 0 Å². The molecular formula is C13H21NO. The molecule has 0 spiro atoms. The van der Waals surface area contributed by atoms with Crippen LogP contribution in [0.25, 0.3) is 0 Å². The molecule has 15 heavy (non-hydrogen) atoms. The maximum Gasteiger partial charge on any atom is 0.121 e. The molecule has 0 N–H and O–H groups in total. The fourth-order valence-corrected chi connectivity index (χ4v) is 2.07. The summed E-state index contributed by atoms with van der Waals surface area (Å²) in [7, 11) is 0. The van der Waals surface area contributed by atoms with Gasteiger partial charge in [0.25, 0.3) is 0 Å². The molecule has 1 rings (SSSR count). The Kier molecular flexibility index (Phi) is 6.11. The van der Waals surface area contributed by atoms with Crippen LogP contribution >= 0.6 is 0 Å². The van der Waals surface area contributed by atoms with Crippen molar-refractivity contribution in [3.63, 3.8) is 0 Å². The lowest BCUT2D eigenvalue weighted by atomic mass is 10.1. The van der Waals surface area contributed by atoms with E-state index in [0.717, 1.165) is 38.6 Å². The minimum atomic E-state index is 0.496. The van der Waals surface area contributed by atoms with E-state index in [2.05, 4.69) is 23.7 Å². The molecule has 0 bridgehead atoms. The van der Waals surface area contributed by atoms with Crippen molar-refractivity contribution in [2.75, 3.05) is 13.1 Å². The van der Waals surface area contributed by atoms with E-state index in [9.17, 15) is 4.79 Å². The second kappa shape index (κ2) is 7.48. The van der Waals surface area contributed by atoms with Crippen LogP contribution in [-0.2, 0) is 4.79 Å². The Morgan fingerprint density at radius 3 is 2.93 bits per heavy atom. The summed E-state index contributed by atoms with van der Waals surface area (Å²) in [6.07, 6.45) is 7.27. The van der Waals surface area contributed by atoms with Crippen LogP contribution in [-0.4, -0.2) is 30.3 Å². The molecule has 84 valence electrons. The van der Waals surface area contributed by atoms with Crippen LogP contribution < -0.4 is 0 Å². The zero-order valence-electron chi connectivity index (χ0n) is 9.67. The van der Waals surface area contributed by atoms with Gasteiger partial charge in [0.1, 0.15) is 6.29 Å². The van der Waals surface area contributed by atoms with Gasteiger partial charge in [-0.1, -0.05) is 6.92 Å². The standard InChI is InChI=1S/C13H21NO/c1-2-3-4-5-6-10-14-11-7-8-13(14)9-12-15/h12-13H,2-3,6-11H2,1H3/t13-/m0/s1. The summed E-state index contributed by atoms with van der Waals surface area (Å²) >= 11 is 0. The van der Waals surface area contributed by atoms with Crippen molar-refractivity contribution in [1.29, 1.82) is 0 Å². The average molecular weight is 207 g/mol. The molecule has 1 aliphatic rings. The minimum Gasteiger partial charge on any atom is -0.303 e. The number of carbonyl (C=O) groups excluding carboxylic acids is 1. The van der Waals surface area contributed by atoms with Crippen LogP contribution in [0.15, 0.2) is 0 Å². The molecular weight excluding hydrogens is 186 g/mol. The first-order chi connectivity index (χ1) is 7.38. The van der Waals surface area contributed by atoms with Gasteiger partial charge in [0.15, 0.2) is 0 Å². The van der Waals surface area contributed by atoms with Crippen molar-refractivity contribution >= 4 is 6.29 Å². The lowest BCUT2D eigenvalue weighted by molar-refractivity contribution is -0.108. The highest BCUT2D eigenvalue weighted by molar-refractivity contribution is 5.50. The first-order valence-corrected chi connectivity index (χ1v) is 6.02. The molecule has 0 aromatic rings. The fourth-order valence-electron chi connectivity index (χ4n) is 2.07. The van der Waals surface area contributed by atoms with Gasteiger partial charge in [0, 0.05) is 31.8 Å². The Balaban J connectivity index is 2.20. The van der Waals surface area contributed by atoms with E-state index < -0.39 is 0 Å². The molecule has 1 aliphatic heterocycles. The topological polar surface area (TPSA) is 20.3 Å². The summed E-state index contributed by atoms with van der Waals surface area (Å²) in [5, 5.41) is 0. The molecule has 0 unspecified atom stereocenters. The zero-order valence-corrected chi connectivity index (χ0v) is 9.67. The van der Waals surface area contributed by atoms with Crippen LogP contribution in [0.1, 0.15) is 45.4 Å². The summed E-state index contributed by atoms with van der Waals surface area (Å²) in [6.45, 7) is 4.33. The van der Waals surface area contributed by atoms with E-state index in [-0.39, 0.29) is 0 Å². The lowest BCUT2D eigenvalue weighted by Crippen LogP contribution is -2.30. The van der Waals surface area contributed by atoms with E-state index in [1.807, 2.05) is 0 Å². The Morgan fingerprint density at radius 2 is 2.20 bits per heavy atom. The Hall–Kier alpha value is -0.810. The predicted molar refractivity (Wildman–Crippen MR) is 62.6 cm³/mol. The molecule has 1 saturated heterocycles. The van der Waals surface area contributed by atoms with Crippen LogP contribution in [0.4, 0.5) is 0 Å². The van der Waals surface area contributed by atoms with E-state index in [0.29, 0.717) is 12.5 Å². The minimum absolute atomic E-state index is 0.496. The maximum atomic E-state index is 10.5. The van der Waals surface area contributed by atoms with Gasteiger partial charge >= 0.3 is 0 Å². The molecule has 0 aliphatic carbocycles. The van der Waals surface area contributed by atoms with E-state index in [1.165, 1.54) is 12.8 Å². The number of nitrogens with zero attached hydrogens (tertiary/aromatic N) is 1. The van der Waals surface area contributed by atoms with Gasteiger partial charge in [0.2, 0.25) is 0 Å². The highest BCUT2D eigenvalue weighted by Crippen LogP contribution is 2.18. The number of unbranched alkanes of at least 4 members (excludes halogenated alkanes) is 1. The zero-order chi connectivity index (χ0) is 10.9. The molecule has 0 aromatic carbocycles. The van der Waals surface area contributed by atoms with Gasteiger partial charge in [0.05, 0.1) is 0 Å². The van der Waals surface area contributed by atoms with Gasteiger partial charge in [-0.3, -0.25) is 4.90 Å². The first kappa shape index (κ1) is 12.3. The van der Waals surface area contributed by atoms with E-state index in [1.54, 1.807) is 0 Å². The monoisotopic (exact) mass is 207 g/mol. The SMILES string of the molecule is CCCC#CCCN1CCC[C@H]1CC=O. The lowest BCUT2D eigenvalue weighted by Gasteiger charge is -2.21. The molecule has 2 nitrogen and oxygen atoms in total. The van der Waals surface area contributed by atoms with Crippen molar-refractivity contribution in [2.24, 2.45) is 0 Å². The van der Waals surface area contributed by atoms with Gasteiger partial charge < -0.3 is 4.79 Å². The number of carbonyl (C=O) groups is 1. The second-order valence-electron chi connectivity index (χ2n) is 4.09. The largest absolute Gasteiger partial charge is 0.303 e. The molecule has 1 fully saturated rings. The van der Waals surface area contributed by atoms with Gasteiger partial charge in [-0.25, -0.2) is 0 Å².